The number of aryl methyl sites for hydroxylation is 1. The van der Waals surface area contributed by atoms with Crippen molar-refractivity contribution < 1.29 is 27.5 Å². The summed E-state index contributed by atoms with van der Waals surface area (Å²) in [7, 11) is -3.39. The largest absolute Gasteiger partial charge is 0.489 e. The minimum absolute atomic E-state index is 0.126. The Bertz CT molecular complexity index is 1610. The van der Waals surface area contributed by atoms with E-state index in [9.17, 15) is 18.0 Å². The third-order valence-corrected chi connectivity index (χ3v) is 7.84. The average molecular weight is 539 g/mol. The number of carbonyl (C=O) groups is 2. The van der Waals surface area contributed by atoms with Gasteiger partial charge in [0.05, 0.1) is 21.8 Å². The summed E-state index contributed by atoms with van der Waals surface area (Å²) in [5, 5.41) is 5.40. The monoisotopic (exact) mass is 538 g/mol. The molecule has 3 N–H and O–H groups in total. The number of ether oxygens (including phenoxy) is 2. The van der Waals surface area contributed by atoms with Crippen LogP contribution in [-0.4, -0.2) is 33.2 Å². The van der Waals surface area contributed by atoms with Crippen molar-refractivity contribution in [2.75, 3.05) is 23.9 Å². The molecular weight excluding hydrogens is 512 g/mol. The molecule has 0 bridgehead atoms. The fourth-order valence-electron chi connectivity index (χ4n) is 3.83. The summed E-state index contributed by atoms with van der Waals surface area (Å²) in [6.07, 6.45) is 1.11. The number of fused-ring (bicyclic) bond motifs is 1. The van der Waals surface area contributed by atoms with Gasteiger partial charge >= 0.3 is 5.97 Å². The Morgan fingerprint density at radius 2 is 1.86 bits per heavy atom. The first-order chi connectivity index (χ1) is 17.6. The molecule has 0 fully saturated rings. The van der Waals surface area contributed by atoms with Crippen LogP contribution in [0.1, 0.15) is 38.8 Å². The van der Waals surface area contributed by atoms with Gasteiger partial charge in [-0.1, -0.05) is 6.07 Å². The zero-order chi connectivity index (χ0) is 26.7. The number of sulfone groups is 1. The molecule has 8 nitrogen and oxygen atoms in total. The van der Waals surface area contributed by atoms with Gasteiger partial charge in [0, 0.05) is 34.1 Å². The van der Waals surface area contributed by atoms with Crippen molar-refractivity contribution in [2.45, 2.75) is 25.3 Å². The maximum Gasteiger partial charge on any atom is 0.339 e. The first-order valence-corrected chi connectivity index (χ1v) is 14.2. The lowest BCUT2D eigenvalue weighted by Crippen LogP contribution is -2.12. The molecule has 192 valence electrons. The zero-order valence-corrected chi connectivity index (χ0v) is 22.2. The second-order valence-electron chi connectivity index (χ2n) is 8.41. The smallest absolute Gasteiger partial charge is 0.339 e. The molecule has 0 aliphatic heterocycles. The molecule has 3 aromatic carbocycles. The number of rotatable bonds is 8. The van der Waals surface area contributed by atoms with E-state index in [1.165, 1.54) is 23.5 Å². The third kappa shape index (κ3) is 5.76. The Balaban J connectivity index is 1.50. The van der Waals surface area contributed by atoms with Crippen LogP contribution in [0.15, 0.2) is 64.9 Å². The predicted octanol–water partition coefficient (Wildman–Crippen LogP) is 5.20. The summed E-state index contributed by atoms with van der Waals surface area (Å²) < 4.78 is 35.5. The number of carbonyl (C=O) groups excluding carboxylic acids is 2. The number of nitrogen functional groups attached to an aromatic ring is 1. The van der Waals surface area contributed by atoms with Crippen LogP contribution in [0.3, 0.4) is 0 Å². The number of anilines is 2. The molecule has 0 aliphatic rings. The van der Waals surface area contributed by atoms with Crippen molar-refractivity contribution in [3.05, 3.63) is 82.2 Å². The van der Waals surface area contributed by atoms with Gasteiger partial charge in [0.1, 0.15) is 12.4 Å². The second kappa shape index (κ2) is 10.6. The van der Waals surface area contributed by atoms with E-state index in [0.29, 0.717) is 28.3 Å². The third-order valence-electron chi connectivity index (χ3n) is 5.67. The Kier molecular flexibility index (Phi) is 7.51. The van der Waals surface area contributed by atoms with Gasteiger partial charge in [0.25, 0.3) is 5.91 Å². The van der Waals surface area contributed by atoms with Gasteiger partial charge in [-0.15, -0.1) is 11.3 Å². The van der Waals surface area contributed by atoms with Crippen molar-refractivity contribution in [3.63, 3.8) is 0 Å². The minimum Gasteiger partial charge on any atom is -0.489 e. The molecule has 1 amide bonds. The SMILES string of the molecule is CCOC(=O)c1ccc(N)c2c(COc3ccc(C(=O)Nc4cccc(S(C)(=O)=O)c4)cc3C)csc12. The van der Waals surface area contributed by atoms with Crippen molar-refractivity contribution in [1.29, 1.82) is 0 Å². The van der Waals surface area contributed by atoms with E-state index in [0.717, 1.165) is 27.5 Å². The Morgan fingerprint density at radius 1 is 1.08 bits per heavy atom. The van der Waals surface area contributed by atoms with Crippen LogP contribution in [0.2, 0.25) is 0 Å². The highest BCUT2D eigenvalue weighted by Crippen LogP contribution is 2.35. The number of benzene rings is 3. The Morgan fingerprint density at radius 3 is 2.57 bits per heavy atom. The topological polar surface area (TPSA) is 125 Å². The van der Waals surface area contributed by atoms with Gasteiger partial charge in [-0.3, -0.25) is 4.79 Å². The maximum atomic E-state index is 12.7. The number of hydrogen-bond donors (Lipinski definition) is 2. The number of hydrogen-bond acceptors (Lipinski definition) is 8. The number of thiophene rings is 1. The molecule has 0 atom stereocenters. The van der Waals surface area contributed by atoms with E-state index in [1.54, 1.807) is 49.4 Å². The van der Waals surface area contributed by atoms with Crippen molar-refractivity contribution in [3.8, 4) is 5.75 Å². The van der Waals surface area contributed by atoms with Crippen molar-refractivity contribution >= 4 is 54.5 Å². The average Bonchev–Trinajstić information content (AvgIpc) is 3.28. The van der Waals surface area contributed by atoms with E-state index in [4.69, 9.17) is 15.2 Å². The van der Waals surface area contributed by atoms with Gasteiger partial charge in [-0.05, 0) is 73.3 Å². The lowest BCUT2D eigenvalue weighted by molar-refractivity contribution is 0.0528. The fourth-order valence-corrected chi connectivity index (χ4v) is 5.59. The minimum atomic E-state index is -3.39. The van der Waals surface area contributed by atoms with Gasteiger partial charge in [0.2, 0.25) is 0 Å². The second-order valence-corrected chi connectivity index (χ2v) is 11.3. The predicted molar refractivity (Wildman–Crippen MR) is 145 cm³/mol. The summed E-state index contributed by atoms with van der Waals surface area (Å²) in [6, 6.07) is 14.5. The number of esters is 1. The van der Waals surface area contributed by atoms with Gasteiger partial charge in [0.15, 0.2) is 9.84 Å². The van der Waals surface area contributed by atoms with Crippen LogP contribution < -0.4 is 15.8 Å². The van der Waals surface area contributed by atoms with E-state index in [-0.39, 0.29) is 24.0 Å². The summed E-state index contributed by atoms with van der Waals surface area (Å²) in [5.41, 5.74) is 9.61. The van der Waals surface area contributed by atoms with Gasteiger partial charge in [-0.2, -0.15) is 0 Å². The van der Waals surface area contributed by atoms with Crippen LogP contribution in [0.4, 0.5) is 11.4 Å². The highest BCUT2D eigenvalue weighted by Gasteiger charge is 2.18. The standard InChI is InChI=1S/C27H26N2O6S2/c1-4-34-27(31)21-9-10-22(28)24-18(15-36-25(21)24)14-35-23-11-8-17(12-16(23)2)26(30)29-19-6-5-7-20(13-19)37(3,32)33/h5-13,15H,4,14,28H2,1-3H3,(H,29,30). The lowest BCUT2D eigenvalue weighted by Gasteiger charge is -2.12. The molecule has 0 saturated heterocycles. The molecule has 0 aliphatic carbocycles. The number of amides is 1. The Labute approximate surface area is 218 Å². The molecule has 4 rings (SSSR count). The van der Waals surface area contributed by atoms with E-state index >= 15 is 0 Å². The van der Waals surface area contributed by atoms with Crippen LogP contribution in [0.5, 0.6) is 5.75 Å². The van der Waals surface area contributed by atoms with E-state index in [1.807, 2.05) is 12.3 Å². The Hall–Kier alpha value is -3.89. The van der Waals surface area contributed by atoms with Crippen LogP contribution in [-0.2, 0) is 21.2 Å². The molecule has 1 heterocycles. The van der Waals surface area contributed by atoms with Crippen molar-refractivity contribution in [2.24, 2.45) is 0 Å². The lowest BCUT2D eigenvalue weighted by atomic mass is 10.1. The molecule has 0 saturated carbocycles. The zero-order valence-electron chi connectivity index (χ0n) is 20.5. The molecule has 37 heavy (non-hydrogen) atoms. The fraction of sp³-hybridized carbons (Fsp3) is 0.185. The van der Waals surface area contributed by atoms with Gasteiger partial charge < -0.3 is 20.5 Å². The molecule has 10 heteroatoms. The molecular formula is C27H26N2O6S2. The molecule has 1 aromatic heterocycles. The summed E-state index contributed by atoms with van der Waals surface area (Å²) in [4.78, 5) is 25.2. The summed E-state index contributed by atoms with van der Waals surface area (Å²) in [6.45, 7) is 4.09. The van der Waals surface area contributed by atoms with E-state index in [2.05, 4.69) is 5.32 Å². The molecule has 4 aromatic rings. The van der Waals surface area contributed by atoms with Gasteiger partial charge in [-0.25, -0.2) is 13.2 Å². The highest BCUT2D eigenvalue weighted by molar-refractivity contribution is 7.90. The summed E-state index contributed by atoms with van der Waals surface area (Å²) >= 11 is 1.41. The molecule has 0 spiro atoms. The molecule has 0 radical (unpaired) electrons. The number of nitrogens with two attached hydrogens (primary N) is 1. The number of nitrogens with one attached hydrogen (secondary N) is 1. The molecule has 0 unspecified atom stereocenters. The van der Waals surface area contributed by atoms with Crippen molar-refractivity contribution in [1.82, 2.24) is 0 Å². The van der Waals surface area contributed by atoms with Crippen LogP contribution in [0, 0.1) is 6.92 Å². The van der Waals surface area contributed by atoms with Crippen LogP contribution in [0.25, 0.3) is 10.1 Å². The maximum absolute atomic E-state index is 12.7. The quantitative estimate of drug-likeness (QED) is 0.233. The van der Waals surface area contributed by atoms with Crippen LogP contribution >= 0.6 is 11.3 Å². The first kappa shape index (κ1) is 26.2. The normalized spacial score (nSPS) is 11.3. The van der Waals surface area contributed by atoms with E-state index < -0.39 is 15.8 Å². The first-order valence-electron chi connectivity index (χ1n) is 11.4. The highest BCUT2D eigenvalue weighted by atomic mass is 32.2. The summed E-state index contributed by atoms with van der Waals surface area (Å²) in [5.74, 6) is -0.173.